The first-order valence-electron chi connectivity index (χ1n) is 4.33. The molecule has 0 spiro atoms. The molecule has 0 amide bonds. The van der Waals surface area contributed by atoms with Crippen LogP contribution in [0.4, 0.5) is 0 Å². The van der Waals surface area contributed by atoms with Gasteiger partial charge < -0.3 is 5.11 Å². The number of aliphatic hydroxyl groups excluding tert-OH is 1. The van der Waals surface area contributed by atoms with Gasteiger partial charge in [-0.05, 0) is 25.1 Å². The normalized spacial score (nSPS) is 12.9. The predicted octanol–water partition coefficient (Wildman–Crippen LogP) is 2.11. The smallest absolute Gasteiger partial charge is 0.132 e. The zero-order valence-corrected chi connectivity index (χ0v) is 8.60. The monoisotopic (exact) mass is 199 g/mol. The van der Waals surface area contributed by atoms with E-state index in [0.717, 1.165) is 17.5 Å². The molecule has 1 unspecified atom stereocenters. The standard InChI is InChI=1S/C10H14ClNO/c1-3-7-5-4-6-8(11)9(7)10(13)12-2/h4-6,10,12-13H,3H2,1-2H3. The lowest BCUT2D eigenvalue weighted by atomic mass is 10.0. The molecular weight excluding hydrogens is 186 g/mol. The van der Waals surface area contributed by atoms with Crippen molar-refractivity contribution in [1.82, 2.24) is 5.32 Å². The molecule has 1 aromatic carbocycles. The summed E-state index contributed by atoms with van der Waals surface area (Å²) in [6.45, 7) is 2.04. The summed E-state index contributed by atoms with van der Waals surface area (Å²) in [6, 6.07) is 5.66. The van der Waals surface area contributed by atoms with Gasteiger partial charge in [0.2, 0.25) is 0 Å². The summed E-state index contributed by atoms with van der Waals surface area (Å²) >= 11 is 5.98. The third-order valence-corrected chi connectivity index (χ3v) is 2.40. The fourth-order valence-corrected chi connectivity index (χ4v) is 1.64. The lowest BCUT2D eigenvalue weighted by Gasteiger charge is -2.15. The van der Waals surface area contributed by atoms with Gasteiger partial charge in [-0.3, -0.25) is 5.32 Å². The van der Waals surface area contributed by atoms with E-state index >= 15 is 0 Å². The van der Waals surface area contributed by atoms with Crippen LogP contribution >= 0.6 is 11.6 Å². The molecule has 1 aromatic rings. The second kappa shape index (κ2) is 4.61. The van der Waals surface area contributed by atoms with Crippen LogP contribution in [0.25, 0.3) is 0 Å². The highest BCUT2D eigenvalue weighted by Crippen LogP contribution is 2.25. The highest BCUT2D eigenvalue weighted by atomic mass is 35.5. The molecular formula is C10H14ClNO. The topological polar surface area (TPSA) is 32.3 Å². The summed E-state index contributed by atoms with van der Waals surface area (Å²) in [6.07, 6.45) is 0.192. The van der Waals surface area contributed by atoms with Crippen molar-refractivity contribution >= 4 is 11.6 Å². The van der Waals surface area contributed by atoms with Gasteiger partial charge in [-0.2, -0.15) is 0 Å². The predicted molar refractivity (Wildman–Crippen MR) is 54.8 cm³/mol. The molecule has 0 radical (unpaired) electrons. The molecule has 0 aliphatic heterocycles. The third kappa shape index (κ3) is 2.21. The van der Waals surface area contributed by atoms with Gasteiger partial charge in [-0.15, -0.1) is 0 Å². The van der Waals surface area contributed by atoms with Crippen LogP contribution in [0.2, 0.25) is 5.02 Å². The second-order valence-corrected chi connectivity index (χ2v) is 3.26. The van der Waals surface area contributed by atoms with Crippen molar-refractivity contribution in [2.75, 3.05) is 7.05 Å². The van der Waals surface area contributed by atoms with E-state index in [9.17, 15) is 5.11 Å². The average Bonchev–Trinajstić information content (AvgIpc) is 2.16. The number of halogens is 1. The summed E-state index contributed by atoms with van der Waals surface area (Å²) in [4.78, 5) is 0. The third-order valence-electron chi connectivity index (χ3n) is 2.07. The molecule has 0 aliphatic rings. The number of aliphatic hydroxyl groups is 1. The number of benzene rings is 1. The summed E-state index contributed by atoms with van der Waals surface area (Å²) in [7, 11) is 1.70. The molecule has 0 bridgehead atoms. The summed E-state index contributed by atoms with van der Waals surface area (Å²) in [5.41, 5.74) is 1.86. The fraction of sp³-hybridized carbons (Fsp3) is 0.400. The van der Waals surface area contributed by atoms with E-state index in [1.807, 2.05) is 19.1 Å². The number of nitrogens with one attached hydrogen (secondary N) is 1. The van der Waals surface area contributed by atoms with Crippen LogP contribution < -0.4 is 5.32 Å². The van der Waals surface area contributed by atoms with Crippen LogP contribution in [0.5, 0.6) is 0 Å². The largest absolute Gasteiger partial charge is 0.374 e. The molecule has 1 rings (SSSR count). The van der Waals surface area contributed by atoms with Crippen molar-refractivity contribution < 1.29 is 5.11 Å². The zero-order chi connectivity index (χ0) is 9.84. The van der Waals surface area contributed by atoms with E-state index in [1.165, 1.54) is 0 Å². The van der Waals surface area contributed by atoms with Gasteiger partial charge in [0, 0.05) is 10.6 Å². The summed E-state index contributed by atoms with van der Waals surface area (Å²) < 4.78 is 0. The highest BCUT2D eigenvalue weighted by Gasteiger charge is 2.12. The molecule has 0 fully saturated rings. The Kier molecular flexibility index (Phi) is 3.72. The van der Waals surface area contributed by atoms with Crippen LogP contribution in [-0.4, -0.2) is 12.2 Å². The molecule has 0 aliphatic carbocycles. The first-order valence-corrected chi connectivity index (χ1v) is 4.71. The maximum Gasteiger partial charge on any atom is 0.132 e. The number of hydrogen-bond acceptors (Lipinski definition) is 2. The van der Waals surface area contributed by atoms with E-state index in [-0.39, 0.29) is 0 Å². The maximum absolute atomic E-state index is 9.63. The number of hydrogen-bond donors (Lipinski definition) is 2. The van der Waals surface area contributed by atoms with Gasteiger partial charge in [0.15, 0.2) is 0 Å². The van der Waals surface area contributed by atoms with Gasteiger partial charge in [0.1, 0.15) is 6.23 Å². The number of rotatable bonds is 3. The van der Waals surface area contributed by atoms with Crippen molar-refractivity contribution in [3.8, 4) is 0 Å². The van der Waals surface area contributed by atoms with Gasteiger partial charge >= 0.3 is 0 Å². The van der Waals surface area contributed by atoms with Crippen molar-refractivity contribution in [1.29, 1.82) is 0 Å². The van der Waals surface area contributed by atoms with Gasteiger partial charge in [0.05, 0.1) is 0 Å². The molecule has 0 saturated heterocycles. The minimum absolute atomic E-state index is 0.612. The van der Waals surface area contributed by atoms with E-state index in [0.29, 0.717) is 5.02 Å². The second-order valence-electron chi connectivity index (χ2n) is 2.86. The minimum atomic E-state index is -0.677. The highest BCUT2D eigenvalue weighted by molar-refractivity contribution is 6.31. The summed E-state index contributed by atoms with van der Waals surface area (Å²) in [5.74, 6) is 0. The molecule has 72 valence electrons. The first-order chi connectivity index (χ1) is 6.20. The van der Waals surface area contributed by atoms with Crippen molar-refractivity contribution in [2.45, 2.75) is 19.6 Å². The van der Waals surface area contributed by atoms with Crippen LogP contribution in [0.3, 0.4) is 0 Å². The summed E-state index contributed by atoms with van der Waals surface area (Å²) in [5, 5.41) is 13.0. The van der Waals surface area contributed by atoms with Crippen LogP contribution in [0, 0.1) is 0 Å². The van der Waals surface area contributed by atoms with Crippen molar-refractivity contribution in [3.63, 3.8) is 0 Å². The SMILES string of the molecule is CCc1cccc(Cl)c1C(O)NC. The Morgan fingerprint density at radius 2 is 2.23 bits per heavy atom. The van der Waals surface area contributed by atoms with E-state index in [2.05, 4.69) is 5.32 Å². The lowest BCUT2D eigenvalue weighted by molar-refractivity contribution is 0.148. The Hall–Kier alpha value is -0.570. The zero-order valence-electron chi connectivity index (χ0n) is 7.84. The molecule has 13 heavy (non-hydrogen) atoms. The Morgan fingerprint density at radius 1 is 1.54 bits per heavy atom. The molecule has 2 N–H and O–H groups in total. The first kappa shape index (κ1) is 10.5. The van der Waals surface area contributed by atoms with Gasteiger partial charge in [-0.25, -0.2) is 0 Å². The van der Waals surface area contributed by atoms with E-state index in [1.54, 1.807) is 13.1 Å². The molecule has 3 heteroatoms. The lowest BCUT2D eigenvalue weighted by Crippen LogP contribution is -2.17. The quantitative estimate of drug-likeness (QED) is 0.731. The van der Waals surface area contributed by atoms with Gasteiger partial charge in [-0.1, -0.05) is 30.7 Å². The maximum atomic E-state index is 9.63. The Bertz CT molecular complexity index is 288. The van der Waals surface area contributed by atoms with Gasteiger partial charge in [0.25, 0.3) is 0 Å². The molecule has 1 atom stereocenters. The Morgan fingerprint density at radius 3 is 2.77 bits per heavy atom. The van der Waals surface area contributed by atoms with Crippen LogP contribution in [0.15, 0.2) is 18.2 Å². The molecule has 0 aromatic heterocycles. The van der Waals surface area contributed by atoms with Crippen molar-refractivity contribution in [3.05, 3.63) is 34.3 Å². The fourth-order valence-electron chi connectivity index (χ4n) is 1.34. The molecule has 2 nitrogen and oxygen atoms in total. The van der Waals surface area contributed by atoms with Crippen molar-refractivity contribution in [2.24, 2.45) is 0 Å². The van der Waals surface area contributed by atoms with E-state index in [4.69, 9.17) is 11.6 Å². The minimum Gasteiger partial charge on any atom is -0.374 e. The Labute approximate surface area is 83.5 Å². The number of aryl methyl sites for hydroxylation is 1. The van der Waals surface area contributed by atoms with Crippen LogP contribution in [-0.2, 0) is 6.42 Å². The average molecular weight is 200 g/mol. The van der Waals surface area contributed by atoms with E-state index < -0.39 is 6.23 Å². The molecule has 0 saturated carbocycles. The molecule has 0 heterocycles. The van der Waals surface area contributed by atoms with Crippen LogP contribution in [0.1, 0.15) is 24.3 Å². The Balaban J connectivity index is 3.14.